The van der Waals surface area contributed by atoms with Gasteiger partial charge in [-0.25, -0.2) is 4.79 Å². The van der Waals surface area contributed by atoms with Crippen LogP contribution in [0.25, 0.3) is 0 Å². The minimum atomic E-state index is -0.796. The number of likely N-dealkylation sites (tertiary alicyclic amines) is 2. The third-order valence-electron chi connectivity index (χ3n) is 4.39. The first kappa shape index (κ1) is 14.2. The molecule has 2 rings (SSSR count). The molecule has 1 atom stereocenters. The molecule has 2 aliphatic heterocycles. The summed E-state index contributed by atoms with van der Waals surface area (Å²) in [6.45, 7) is 4.28. The predicted molar refractivity (Wildman–Crippen MR) is 72.0 cm³/mol. The highest BCUT2D eigenvalue weighted by molar-refractivity contribution is 5.79. The van der Waals surface area contributed by atoms with Gasteiger partial charge in [0.25, 0.3) is 0 Å². The van der Waals surface area contributed by atoms with Gasteiger partial charge in [-0.3, -0.25) is 4.79 Å². The molecular weight excluding hydrogens is 244 g/mol. The van der Waals surface area contributed by atoms with Crippen LogP contribution in [0.3, 0.4) is 0 Å². The normalized spacial score (nSPS) is 28.9. The monoisotopic (exact) mass is 268 g/mol. The second-order valence-corrected chi connectivity index (χ2v) is 6.07. The lowest BCUT2D eigenvalue weighted by molar-refractivity contribution is -0.147. The van der Waals surface area contributed by atoms with Crippen LogP contribution in [0.4, 0.5) is 4.79 Å². The molecule has 0 aromatic rings. The number of amides is 2. The van der Waals surface area contributed by atoms with Crippen LogP contribution in [0.1, 0.15) is 45.4 Å². The van der Waals surface area contributed by atoms with Crippen LogP contribution in [0, 0.1) is 5.41 Å². The van der Waals surface area contributed by atoms with E-state index >= 15 is 0 Å². The van der Waals surface area contributed by atoms with Gasteiger partial charge in [-0.2, -0.15) is 0 Å². The molecule has 2 saturated heterocycles. The molecule has 5 nitrogen and oxygen atoms in total. The van der Waals surface area contributed by atoms with Crippen molar-refractivity contribution in [1.29, 1.82) is 0 Å². The van der Waals surface area contributed by atoms with Crippen molar-refractivity contribution in [2.24, 2.45) is 5.41 Å². The number of carboxylic acids is 1. The Morgan fingerprint density at radius 2 is 1.53 bits per heavy atom. The first-order valence-corrected chi connectivity index (χ1v) is 7.30. The van der Waals surface area contributed by atoms with Gasteiger partial charge in [-0.05, 0) is 26.2 Å². The fourth-order valence-corrected chi connectivity index (χ4v) is 2.94. The average Bonchev–Trinajstić information content (AvgIpc) is 2.72. The quantitative estimate of drug-likeness (QED) is 0.793. The number of hydrogen-bond donors (Lipinski definition) is 1. The van der Waals surface area contributed by atoms with Crippen molar-refractivity contribution in [3.8, 4) is 0 Å². The lowest BCUT2D eigenvalue weighted by Crippen LogP contribution is -2.44. The number of carbonyl (C=O) groups is 2. The zero-order chi connectivity index (χ0) is 13.9. The second kappa shape index (κ2) is 5.80. The first-order chi connectivity index (χ1) is 9.03. The summed E-state index contributed by atoms with van der Waals surface area (Å²) < 4.78 is 0. The highest BCUT2D eigenvalue weighted by atomic mass is 16.4. The van der Waals surface area contributed by atoms with E-state index in [0.717, 1.165) is 25.9 Å². The van der Waals surface area contributed by atoms with Crippen LogP contribution in [0.2, 0.25) is 0 Å². The minimum absolute atomic E-state index is 0.0341. The Hall–Kier alpha value is -1.26. The highest BCUT2D eigenvalue weighted by Gasteiger charge is 2.42. The maximum Gasteiger partial charge on any atom is 0.320 e. The minimum Gasteiger partial charge on any atom is -0.481 e. The summed E-state index contributed by atoms with van der Waals surface area (Å²) in [6.07, 6.45) is 6.34. The molecule has 0 aliphatic carbocycles. The fraction of sp³-hybridized carbons (Fsp3) is 0.857. The largest absolute Gasteiger partial charge is 0.481 e. The Balaban J connectivity index is 1.94. The number of hydrogen-bond acceptors (Lipinski definition) is 2. The van der Waals surface area contributed by atoms with Gasteiger partial charge in [0.05, 0.1) is 5.41 Å². The van der Waals surface area contributed by atoms with E-state index in [-0.39, 0.29) is 6.03 Å². The smallest absolute Gasteiger partial charge is 0.320 e. The predicted octanol–water partition coefficient (Wildman–Crippen LogP) is 2.17. The molecule has 0 aromatic carbocycles. The molecule has 5 heteroatoms. The molecular formula is C14H24N2O3. The van der Waals surface area contributed by atoms with Gasteiger partial charge in [0.15, 0.2) is 0 Å². The standard InChI is InChI=1S/C14H24N2O3/c1-14(12(17)18)7-10-16(11-14)13(19)15-8-5-3-2-4-6-9-15/h2-11H2,1H3,(H,17,18). The van der Waals surface area contributed by atoms with E-state index in [2.05, 4.69) is 0 Å². The summed E-state index contributed by atoms with van der Waals surface area (Å²) in [6, 6.07) is 0.0341. The number of carbonyl (C=O) groups excluding carboxylic acids is 1. The van der Waals surface area contributed by atoms with E-state index in [4.69, 9.17) is 0 Å². The van der Waals surface area contributed by atoms with Crippen LogP contribution in [0.5, 0.6) is 0 Å². The zero-order valence-corrected chi connectivity index (χ0v) is 11.7. The van der Waals surface area contributed by atoms with Crippen molar-refractivity contribution >= 4 is 12.0 Å². The highest BCUT2D eigenvalue weighted by Crippen LogP contribution is 2.30. The molecule has 2 amide bonds. The van der Waals surface area contributed by atoms with Gasteiger partial charge >= 0.3 is 12.0 Å². The van der Waals surface area contributed by atoms with E-state index in [0.29, 0.717) is 19.5 Å². The van der Waals surface area contributed by atoms with Gasteiger partial charge in [0.2, 0.25) is 0 Å². The Morgan fingerprint density at radius 3 is 2.05 bits per heavy atom. The van der Waals surface area contributed by atoms with Crippen molar-refractivity contribution in [2.75, 3.05) is 26.2 Å². The van der Waals surface area contributed by atoms with Gasteiger partial charge in [-0.15, -0.1) is 0 Å². The van der Waals surface area contributed by atoms with E-state index in [1.807, 2.05) is 4.90 Å². The number of carboxylic acid groups (broad SMARTS) is 1. The van der Waals surface area contributed by atoms with E-state index in [9.17, 15) is 14.7 Å². The van der Waals surface area contributed by atoms with E-state index < -0.39 is 11.4 Å². The third kappa shape index (κ3) is 3.19. The SMILES string of the molecule is CC1(C(=O)O)CCN(C(=O)N2CCCCCCC2)C1. The maximum atomic E-state index is 12.4. The van der Waals surface area contributed by atoms with Crippen molar-refractivity contribution < 1.29 is 14.7 Å². The molecule has 0 saturated carbocycles. The Kier molecular flexibility index (Phi) is 4.32. The Labute approximate surface area is 114 Å². The topological polar surface area (TPSA) is 60.9 Å². The van der Waals surface area contributed by atoms with Crippen molar-refractivity contribution in [2.45, 2.75) is 45.4 Å². The molecule has 1 unspecified atom stereocenters. The van der Waals surface area contributed by atoms with E-state index in [1.54, 1.807) is 11.8 Å². The van der Waals surface area contributed by atoms with Gasteiger partial charge in [0.1, 0.15) is 0 Å². The molecule has 2 aliphatic rings. The Morgan fingerprint density at radius 1 is 0.947 bits per heavy atom. The van der Waals surface area contributed by atoms with Crippen LogP contribution in [-0.2, 0) is 4.79 Å². The van der Waals surface area contributed by atoms with Crippen molar-refractivity contribution in [3.63, 3.8) is 0 Å². The zero-order valence-electron chi connectivity index (χ0n) is 11.7. The summed E-state index contributed by atoms with van der Waals surface area (Å²) in [4.78, 5) is 27.3. The molecule has 108 valence electrons. The molecule has 0 spiro atoms. The molecule has 19 heavy (non-hydrogen) atoms. The van der Waals surface area contributed by atoms with Crippen molar-refractivity contribution in [3.05, 3.63) is 0 Å². The van der Waals surface area contributed by atoms with Gasteiger partial charge in [-0.1, -0.05) is 19.3 Å². The maximum absolute atomic E-state index is 12.4. The summed E-state index contributed by atoms with van der Waals surface area (Å²) in [5.74, 6) is -0.796. The van der Waals surface area contributed by atoms with Gasteiger partial charge < -0.3 is 14.9 Å². The number of nitrogens with zero attached hydrogens (tertiary/aromatic N) is 2. The summed E-state index contributed by atoms with van der Waals surface area (Å²) in [5.41, 5.74) is -0.765. The lowest BCUT2D eigenvalue weighted by Gasteiger charge is -2.30. The summed E-state index contributed by atoms with van der Waals surface area (Å²) in [5, 5.41) is 9.21. The molecule has 0 aromatic heterocycles. The van der Waals surface area contributed by atoms with E-state index in [1.165, 1.54) is 19.3 Å². The van der Waals surface area contributed by atoms with Crippen molar-refractivity contribution in [1.82, 2.24) is 9.80 Å². The fourth-order valence-electron chi connectivity index (χ4n) is 2.94. The number of aliphatic carboxylic acids is 1. The molecule has 0 radical (unpaired) electrons. The number of rotatable bonds is 1. The molecule has 2 fully saturated rings. The first-order valence-electron chi connectivity index (χ1n) is 7.30. The van der Waals surface area contributed by atoms with Crippen LogP contribution < -0.4 is 0 Å². The number of urea groups is 1. The summed E-state index contributed by atoms with van der Waals surface area (Å²) >= 11 is 0. The summed E-state index contributed by atoms with van der Waals surface area (Å²) in [7, 11) is 0. The third-order valence-corrected chi connectivity index (χ3v) is 4.39. The van der Waals surface area contributed by atoms with Crippen LogP contribution >= 0.6 is 0 Å². The van der Waals surface area contributed by atoms with Gasteiger partial charge in [0, 0.05) is 26.2 Å². The Bertz CT molecular complexity index is 351. The van der Waals surface area contributed by atoms with Crippen LogP contribution in [-0.4, -0.2) is 53.1 Å². The van der Waals surface area contributed by atoms with Crippen LogP contribution in [0.15, 0.2) is 0 Å². The molecule has 1 N–H and O–H groups in total. The lowest BCUT2D eigenvalue weighted by atomic mass is 9.90. The molecule has 2 heterocycles. The average molecular weight is 268 g/mol. The second-order valence-electron chi connectivity index (χ2n) is 6.07. The molecule has 0 bridgehead atoms.